The summed E-state index contributed by atoms with van der Waals surface area (Å²) < 4.78 is 0. The Morgan fingerprint density at radius 2 is 1.94 bits per heavy atom. The highest BCUT2D eigenvalue weighted by Gasteiger charge is 2.16. The molecule has 3 heteroatoms. The predicted molar refractivity (Wildman–Crippen MR) is 75.6 cm³/mol. The van der Waals surface area contributed by atoms with E-state index in [9.17, 15) is 9.59 Å². The Hall–Kier alpha value is -1.61. The van der Waals surface area contributed by atoms with Crippen molar-refractivity contribution in [3.63, 3.8) is 0 Å². The smallest absolute Gasteiger partial charge is 0.186 e. The number of carbonyl (C=O) groups excluding carboxylic acids is 2. The summed E-state index contributed by atoms with van der Waals surface area (Å²) in [5, 5.41) is 2.19. The lowest BCUT2D eigenvalue weighted by Gasteiger charge is -2.15. The number of aldehydes is 1. The summed E-state index contributed by atoms with van der Waals surface area (Å²) >= 11 is 1.22. The summed E-state index contributed by atoms with van der Waals surface area (Å²) in [6, 6.07) is 14.0. The molecule has 0 N–H and O–H groups in total. The van der Waals surface area contributed by atoms with Gasteiger partial charge in [-0.15, -0.1) is 0 Å². The second-order valence-corrected chi connectivity index (χ2v) is 5.45. The number of hydrogen-bond acceptors (Lipinski definition) is 3. The van der Waals surface area contributed by atoms with Crippen molar-refractivity contribution in [2.24, 2.45) is 0 Å². The van der Waals surface area contributed by atoms with Crippen LogP contribution in [0.25, 0.3) is 10.8 Å². The standard InChI is InChI=1S/C15H14O2S/c1-11(17)18-15(9-10-16)14-8-4-6-12-5-2-3-7-13(12)14/h2-8,10,15H,9H2,1H3. The number of thioether (sulfide) groups is 1. The maximum Gasteiger partial charge on any atom is 0.186 e. The fourth-order valence-electron chi connectivity index (χ4n) is 2.06. The van der Waals surface area contributed by atoms with Crippen molar-refractivity contribution in [1.82, 2.24) is 0 Å². The van der Waals surface area contributed by atoms with Crippen LogP contribution in [0.5, 0.6) is 0 Å². The fraction of sp³-hybridized carbons (Fsp3) is 0.200. The third-order valence-corrected chi connectivity index (χ3v) is 3.85. The minimum atomic E-state index is -0.0916. The van der Waals surface area contributed by atoms with Crippen molar-refractivity contribution >= 4 is 33.9 Å². The zero-order valence-corrected chi connectivity index (χ0v) is 10.9. The Morgan fingerprint density at radius 1 is 1.22 bits per heavy atom. The molecule has 0 heterocycles. The lowest BCUT2D eigenvalue weighted by molar-refractivity contribution is -0.109. The van der Waals surface area contributed by atoms with Gasteiger partial charge in [-0.2, -0.15) is 0 Å². The van der Waals surface area contributed by atoms with Gasteiger partial charge in [0.25, 0.3) is 0 Å². The summed E-state index contributed by atoms with van der Waals surface area (Å²) in [7, 11) is 0. The second kappa shape index (κ2) is 5.83. The van der Waals surface area contributed by atoms with Gasteiger partial charge in [-0.25, -0.2) is 0 Å². The molecule has 0 radical (unpaired) electrons. The molecule has 2 nitrogen and oxygen atoms in total. The molecule has 0 bridgehead atoms. The second-order valence-electron chi connectivity index (χ2n) is 4.07. The molecule has 0 spiro atoms. The van der Waals surface area contributed by atoms with Gasteiger partial charge in [-0.3, -0.25) is 4.79 Å². The van der Waals surface area contributed by atoms with Crippen LogP contribution in [-0.4, -0.2) is 11.4 Å². The SMILES string of the molecule is CC(=O)SC(CC=O)c1cccc2ccccc12. The van der Waals surface area contributed by atoms with E-state index in [1.54, 1.807) is 0 Å². The van der Waals surface area contributed by atoms with Crippen molar-refractivity contribution in [1.29, 1.82) is 0 Å². The van der Waals surface area contributed by atoms with E-state index in [1.165, 1.54) is 18.7 Å². The minimum Gasteiger partial charge on any atom is -0.303 e. The Kier molecular flexibility index (Phi) is 4.15. The number of fused-ring (bicyclic) bond motifs is 1. The van der Waals surface area contributed by atoms with Gasteiger partial charge in [-0.05, 0) is 16.3 Å². The molecule has 0 fully saturated rings. The molecule has 1 atom stereocenters. The average molecular weight is 258 g/mol. The van der Waals surface area contributed by atoms with Crippen LogP contribution in [0, 0.1) is 0 Å². The molecule has 0 aliphatic carbocycles. The van der Waals surface area contributed by atoms with Crippen molar-refractivity contribution in [2.75, 3.05) is 0 Å². The molecular weight excluding hydrogens is 244 g/mol. The van der Waals surface area contributed by atoms with Crippen LogP contribution in [0.1, 0.15) is 24.2 Å². The van der Waals surface area contributed by atoms with E-state index in [4.69, 9.17) is 0 Å². The van der Waals surface area contributed by atoms with Crippen LogP contribution >= 0.6 is 11.8 Å². The van der Waals surface area contributed by atoms with Crippen molar-refractivity contribution in [3.05, 3.63) is 48.0 Å². The van der Waals surface area contributed by atoms with E-state index in [2.05, 4.69) is 0 Å². The molecule has 0 aromatic heterocycles. The summed E-state index contributed by atoms with van der Waals surface area (Å²) in [6.45, 7) is 1.54. The van der Waals surface area contributed by atoms with E-state index >= 15 is 0 Å². The first kappa shape index (κ1) is 12.8. The molecule has 18 heavy (non-hydrogen) atoms. The number of carbonyl (C=O) groups is 2. The van der Waals surface area contributed by atoms with Crippen LogP contribution in [0.4, 0.5) is 0 Å². The zero-order chi connectivity index (χ0) is 13.0. The third-order valence-electron chi connectivity index (χ3n) is 2.79. The first-order valence-corrected chi connectivity index (χ1v) is 6.69. The van der Waals surface area contributed by atoms with Crippen molar-refractivity contribution in [3.8, 4) is 0 Å². The molecular formula is C15H14O2S. The van der Waals surface area contributed by atoms with Gasteiger partial charge in [0.2, 0.25) is 0 Å². The van der Waals surface area contributed by atoms with Crippen molar-refractivity contribution in [2.45, 2.75) is 18.6 Å². The van der Waals surface area contributed by atoms with Gasteiger partial charge in [-0.1, -0.05) is 54.2 Å². The summed E-state index contributed by atoms with van der Waals surface area (Å²) in [6.07, 6.45) is 1.24. The quantitative estimate of drug-likeness (QED) is 0.783. The van der Waals surface area contributed by atoms with E-state index < -0.39 is 0 Å². The normalized spacial score (nSPS) is 12.3. The van der Waals surface area contributed by atoms with Crippen LogP contribution in [0.2, 0.25) is 0 Å². The fourth-order valence-corrected chi connectivity index (χ4v) is 2.97. The highest BCUT2D eigenvalue weighted by atomic mass is 32.2. The van der Waals surface area contributed by atoms with Gasteiger partial charge in [0, 0.05) is 18.6 Å². The Bertz CT molecular complexity index is 572. The number of benzene rings is 2. The van der Waals surface area contributed by atoms with E-state index in [0.717, 1.165) is 22.6 Å². The Morgan fingerprint density at radius 3 is 2.67 bits per heavy atom. The molecule has 0 aliphatic rings. The number of hydrogen-bond donors (Lipinski definition) is 0. The summed E-state index contributed by atoms with van der Waals surface area (Å²) in [4.78, 5) is 22.1. The van der Waals surface area contributed by atoms with Gasteiger partial charge in [0.1, 0.15) is 6.29 Å². The number of rotatable bonds is 4. The molecule has 2 aromatic carbocycles. The average Bonchev–Trinajstić information content (AvgIpc) is 2.37. The van der Waals surface area contributed by atoms with Gasteiger partial charge >= 0.3 is 0 Å². The van der Waals surface area contributed by atoms with Crippen LogP contribution in [-0.2, 0) is 9.59 Å². The highest BCUT2D eigenvalue weighted by Crippen LogP contribution is 2.35. The summed E-state index contributed by atoms with van der Waals surface area (Å²) in [5.41, 5.74) is 1.06. The minimum absolute atomic E-state index is 0.0368. The Labute approximate surface area is 110 Å². The maximum absolute atomic E-state index is 11.3. The maximum atomic E-state index is 11.3. The van der Waals surface area contributed by atoms with E-state index in [0.29, 0.717) is 6.42 Å². The van der Waals surface area contributed by atoms with Crippen LogP contribution in [0.15, 0.2) is 42.5 Å². The molecule has 0 saturated carbocycles. The van der Waals surface area contributed by atoms with Crippen LogP contribution in [0.3, 0.4) is 0 Å². The van der Waals surface area contributed by atoms with Gasteiger partial charge in [0.05, 0.1) is 0 Å². The monoisotopic (exact) mass is 258 g/mol. The van der Waals surface area contributed by atoms with E-state index in [-0.39, 0.29) is 10.4 Å². The molecule has 0 amide bonds. The molecule has 2 rings (SSSR count). The van der Waals surface area contributed by atoms with Gasteiger partial charge in [0.15, 0.2) is 5.12 Å². The largest absolute Gasteiger partial charge is 0.303 e. The van der Waals surface area contributed by atoms with Crippen LogP contribution < -0.4 is 0 Å². The first-order valence-electron chi connectivity index (χ1n) is 5.81. The summed E-state index contributed by atoms with van der Waals surface area (Å²) in [5.74, 6) is 0. The Balaban J connectivity index is 2.49. The third kappa shape index (κ3) is 2.79. The first-order chi connectivity index (χ1) is 8.72. The van der Waals surface area contributed by atoms with E-state index in [1.807, 2.05) is 42.5 Å². The molecule has 92 valence electrons. The van der Waals surface area contributed by atoms with Crippen molar-refractivity contribution < 1.29 is 9.59 Å². The molecule has 2 aromatic rings. The molecule has 0 saturated heterocycles. The lowest BCUT2D eigenvalue weighted by Crippen LogP contribution is -1.99. The zero-order valence-electron chi connectivity index (χ0n) is 10.1. The predicted octanol–water partition coefficient (Wildman–Crippen LogP) is 3.75. The van der Waals surface area contributed by atoms with Gasteiger partial charge < -0.3 is 4.79 Å². The molecule has 1 unspecified atom stereocenters. The highest BCUT2D eigenvalue weighted by molar-refractivity contribution is 8.13. The lowest BCUT2D eigenvalue weighted by atomic mass is 10.0. The topological polar surface area (TPSA) is 34.1 Å². The molecule has 0 aliphatic heterocycles.